The Morgan fingerprint density at radius 1 is 0.914 bits per heavy atom. The van der Waals surface area contributed by atoms with E-state index in [9.17, 15) is 48.9 Å². The average Bonchev–Trinajstić information content (AvgIpc) is 2.67. The molecule has 0 saturated heterocycles. The Morgan fingerprint density at radius 3 is 1.74 bits per heavy atom. The first-order valence-electron chi connectivity index (χ1n) is 9.45. The van der Waals surface area contributed by atoms with E-state index in [-0.39, 0.29) is 34.0 Å². The molecule has 17 heteroatoms. The van der Waals surface area contributed by atoms with E-state index in [4.69, 9.17) is 4.74 Å². The van der Waals surface area contributed by atoms with Crippen molar-refractivity contribution in [2.24, 2.45) is 11.8 Å². The smallest absolute Gasteiger partial charge is 0.438 e. The van der Waals surface area contributed by atoms with Gasteiger partial charge in [-0.1, -0.05) is 28.8 Å². The second-order valence-corrected chi connectivity index (χ2v) is 11.6. The fraction of sp³-hybridized carbons (Fsp3) is 0.556. The van der Waals surface area contributed by atoms with Crippen LogP contribution in [0.15, 0.2) is 25.6 Å². The zero-order chi connectivity index (χ0) is 27.0. The molecule has 1 aromatic carbocycles. The van der Waals surface area contributed by atoms with Crippen molar-refractivity contribution < 1.29 is 58.4 Å². The second kappa shape index (κ2) is 10.8. The monoisotopic (exact) mass is 725 g/mol. The lowest BCUT2D eigenvalue weighted by atomic mass is 9.79. The standard InChI is InChI=1S/C18H15Br3F6O7S/c19-8-5-11(20)13(12(21)6-8)33-14(28)9-3-1-2-4-10(9)15(29)34-16(17(22,23)24,18(25,26)27)7-35(30,31)32/h5-6,9-10H,1-4,7H2,(H,30,31,32)/p-1. The molecule has 1 aliphatic carbocycles. The lowest BCUT2D eigenvalue weighted by Crippen LogP contribution is -2.64. The molecule has 0 amide bonds. The minimum absolute atomic E-state index is 0.0618. The van der Waals surface area contributed by atoms with Gasteiger partial charge >= 0.3 is 29.9 Å². The van der Waals surface area contributed by atoms with E-state index < -0.39 is 57.6 Å². The number of ether oxygens (including phenoxy) is 2. The third kappa shape index (κ3) is 7.11. The molecule has 1 saturated carbocycles. The van der Waals surface area contributed by atoms with Gasteiger partial charge in [0, 0.05) is 4.47 Å². The number of hydrogen-bond acceptors (Lipinski definition) is 7. The molecule has 1 aromatic rings. The number of benzene rings is 1. The van der Waals surface area contributed by atoms with Crippen LogP contribution in [-0.4, -0.2) is 48.6 Å². The summed E-state index contributed by atoms with van der Waals surface area (Å²) in [6.07, 6.45) is -13.0. The number of rotatable bonds is 6. The van der Waals surface area contributed by atoms with Crippen molar-refractivity contribution in [2.45, 2.75) is 43.6 Å². The van der Waals surface area contributed by atoms with Gasteiger partial charge in [0.1, 0.15) is 0 Å². The fourth-order valence-corrected chi connectivity index (χ4v) is 6.77. The van der Waals surface area contributed by atoms with Crippen LogP contribution in [0.1, 0.15) is 25.7 Å². The summed E-state index contributed by atoms with van der Waals surface area (Å²) in [5, 5.41) is 0. The van der Waals surface area contributed by atoms with E-state index >= 15 is 0 Å². The molecule has 1 fully saturated rings. The Bertz CT molecular complexity index is 1050. The van der Waals surface area contributed by atoms with Crippen molar-refractivity contribution in [3.63, 3.8) is 0 Å². The largest absolute Gasteiger partial charge is 0.748 e. The van der Waals surface area contributed by atoms with Crippen LogP contribution in [0.5, 0.6) is 5.75 Å². The molecule has 0 spiro atoms. The lowest BCUT2D eigenvalue weighted by Gasteiger charge is -2.39. The maximum absolute atomic E-state index is 13.5. The molecule has 198 valence electrons. The normalized spacial score (nSPS) is 19.8. The van der Waals surface area contributed by atoms with Crippen molar-refractivity contribution in [1.82, 2.24) is 0 Å². The van der Waals surface area contributed by atoms with Crippen molar-refractivity contribution >= 4 is 69.8 Å². The predicted octanol–water partition coefficient (Wildman–Crippen LogP) is 5.64. The molecule has 0 heterocycles. The van der Waals surface area contributed by atoms with Gasteiger partial charge in [-0.25, -0.2) is 8.42 Å². The maximum Gasteiger partial charge on any atom is 0.438 e. The molecule has 0 radical (unpaired) electrons. The zero-order valence-electron chi connectivity index (χ0n) is 17.0. The molecule has 2 unspecified atom stereocenters. The first-order chi connectivity index (χ1) is 15.8. The van der Waals surface area contributed by atoms with E-state index in [0.717, 1.165) is 0 Å². The zero-order valence-corrected chi connectivity index (χ0v) is 22.6. The highest BCUT2D eigenvalue weighted by atomic mass is 79.9. The predicted molar refractivity (Wildman–Crippen MR) is 116 cm³/mol. The van der Waals surface area contributed by atoms with Gasteiger partial charge < -0.3 is 14.0 Å². The number of hydrogen-bond donors (Lipinski definition) is 0. The third-order valence-electron chi connectivity index (χ3n) is 5.11. The number of esters is 2. The van der Waals surface area contributed by atoms with E-state index in [1.165, 1.54) is 12.1 Å². The molecular weight excluding hydrogens is 714 g/mol. The SMILES string of the molecule is O=C(Oc1c(Br)cc(Br)cc1Br)C1CCCCC1C(=O)OC(CS(=O)(=O)[O-])(C(F)(F)F)C(F)(F)F. The molecule has 2 rings (SSSR count). The third-order valence-corrected chi connectivity index (χ3v) is 7.50. The van der Waals surface area contributed by atoms with E-state index in [1.54, 1.807) is 0 Å². The van der Waals surface area contributed by atoms with Crippen molar-refractivity contribution in [1.29, 1.82) is 0 Å². The Balaban J connectivity index is 2.41. The van der Waals surface area contributed by atoms with E-state index in [2.05, 4.69) is 52.5 Å². The Hall–Kier alpha value is -0.910. The Morgan fingerprint density at radius 2 is 1.34 bits per heavy atom. The Kier molecular flexibility index (Phi) is 9.38. The summed E-state index contributed by atoms with van der Waals surface area (Å²) in [7, 11) is -6.18. The van der Waals surface area contributed by atoms with E-state index in [1.807, 2.05) is 0 Å². The molecule has 1 aliphatic rings. The average molecular weight is 728 g/mol. The fourth-order valence-electron chi connectivity index (χ4n) is 3.46. The molecule has 2 atom stereocenters. The first kappa shape index (κ1) is 30.3. The van der Waals surface area contributed by atoms with E-state index in [0.29, 0.717) is 10.9 Å². The van der Waals surface area contributed by atoms with Crippen LogP contribution in [0.2, 0.25) is 0 Å². The van der Waals surface area contributed by atoms with Gasteiger partial charge in [0.05, 0.1) is 36.7 Å². The van der Waals surface area contributed by atoms with Gasteiger partial charge in [-0.15, -0.1) is 0 Å². The summed E-state index contributed by atoms with van der Waals surface area (Å²) in [4.78, 5) is 25.4. The van der Waals surface area contributed by atoms with Gasteiger partial charge in [0.25, 0.3) is 0 Å². The summed E-state index contributed by atoms with van der Waals surface area (Å²) < 4.78 is 124. The topological polar surface area (TPSA) is 110 Å². The van der Waals surface area contributed by atoms with Crippen LogP contribution in [0.4, 0.5) is 26.3 Å². The van der Waals surface area contributed by atoms with Crippen LogP contribution >= 0.6 is 47.8 Å². The maximum atomic E-state index is 13.5. The van der Waals surface area contributed by atoms with Crippen molar-refractivity contribution in [3.05, 3.63) is 25.6 Å². The molecule has 7 nitrogen and oxygen atoms in total. The van der Waals surface area contributed by atoms with Crippen LogP contribution in [0.25, 0.3) is 0 Å². The minimum Gasteiger partial charge on any atom is -0.748 e. The highest BCUT2D eigenvalue weighted by Gasteiger charge is 2.75. The summed E-state index contributed by atoms with van der Waals surface area (Å²) in [5.74, 6) is -9.74. The van der Waals surface area contributed by atoms with Gasteiger partial charge in [-0.2, -0.15) is 26.3 Å². The Labute approximate surface area is 220 Å². The number of carbonyl (C=O) groups excluding carboxylic acids is 2. The summed E-state index contributed by atoms with van der Waals surface area (Å²) in [6, 6.07) is 2.98. The minimum atomic E-state index is -6.50. The van der Waals surface area contributed by atoms with Gasteiger partial charge in [-0.3, -0.25) is 9.59 Å². The van der Waals surface area contributed by atoms with Gasteiger partial charge in [-0.05, 0) is 56.8 Å². The van der Waals surface area contributed by atoms with Crippen LogP contribution in [0, 0.1) is 11.8 Å². The molecule has 35 heavy (non-hydrogen) atoms. The summed E-state index contributed by atoms with van der Waals surface area (Å²) in [5.41, 5.74) is -5.61. The second-order valence-electron chi connectivity index (χ2n) is 7.56. The van der Waals surface area contributed by atoms with Gasteiger partial charge in [0.15, 0.2) is 5.75 Å². The first-order valence-corrected chi connectivity index (χ1v) is 13.4. The van der Waals surface area contributed by atoms with Crippen LogP contribution < -0.4 is 4.74 Å². The molecular formula is C18H14Br3F6O7S-. The molecule has 0 aromatic heterocycles. The molecule has 0 bridgehead atoms. The summed E-state index contributed by atoms with van der Waals surface area (Å²) in [6.45, 7) is 0. The lowest BCUT2D eigenvalue weighted by molar-refractivity contribution is -0.362. The molecule has 0 aliphatic heterocycles. The number of carbonyl (C=O) groups is 2. The quantitative estimate of drug-likeness (QED) is 0.162. The highest BCUT2D eigenvalue weighted by molar-refractivity contribution is 9.11. The van der Waals surface area contributed by atoms with Crippen molar-refractivity contribution in [3.8, 4) is 5.75 Å². The van der Waals surface area contributed by atoms with Gasteiger partial charge in [0.2, 0.25) is 0 Å². The number of alkyl halides is 6. The number of halogens is 9. The highest BCUT2D eigenvalue weighted by Crippen LogP contribution is 2.48. The van der Waals surface area contributed by atoms with Crippen molar-refractivity contribution in [2.75, 3.05) is 5.75 Å². The van der Waals surface area contributed by atoms with Crippen LogP contribution in [-0.2, 0) is 24.4 Å². The van der Waals surface area contributed by atoms with Crippen LogP contribution in [0.3, 0.4) is 0 Å². The summed E-state index contributed by atoms with van der Waals surface area (Å²) >= 11 is 9.47. The molecule has 0 N–H and O–H groups in total.